The van der Waals surface area contributed by atoms with E-state index in [1.807, 2.05) is 0 Å². The highest BCUT2D eigenvalue weighted by Crippen LogP contribution is 2.36. The third-order valence-electron chi connectivity index (χ3n) is 3.49. The number of likely N-dealkylation sites (tertiary alicyclic amines) is 1. The van der Waals surface area contributed by atoms with Gasteiger partial charge in [-0.1, -0.05) is 0 Å². The Bertz CT molecular complexity index is 521. The minimum absolute atomic E-state index is 0.105. The maximum absolute atomic E-state index is 12.8. The molecule has 0 radical (unpaired) electrons. The molecule has 8 heteroatoms. The van der Waals surface area contributed by atoms with Gasteiger partial charge in [0.2, 0.25) is 5.91 Å². The van der Waals surface area contributed by atoms with E-state index in [-0.39, 0.29) is 10.4 Å². The maximum Gasteiger partial charge on any atom is 0.436 e. The molecule has 0 aromatic carbocycles. The Hall–Kier alpha value is -1.05. The lowest BCUT2D eigenvalue weighted by molar-refractivity contribution is -0.143. The number of rotatable bonds is 2. The van der Waals surface area contributed by atoms with Gasteiger partial charge in [0.05, 0.1) is 10.2 Å². The summed E-state index contributed by atoms with van der Waals surface area (Å²) in [6.45, 7) is 4.42. The number of nitrogens with zero attached hydrogens (tertiary/aromatic N) is 3. The van der Waals surface area contributed by atoms with Crippen LogP contribution >= 0.6 is 15.9 Å². The Morgan fingerprint density at radius 1 is 1.35 bits per heavy atom. The third-order valence-corrected chi connectivity index (χ3v) is 4.44. The number of aromatic nitrogens is 2. The van der Waals surface area contributed by atoms with Crippen molar-refractivity contribution in [2.75, 3.05) is 13.1 Å². The molecule has 0 saturated carbocycles. The standard InChI is InChI=1S/C12H15BrF3N3O/c1-7-9(13)10(12(14,15)16)17-19(7)8(2)11(20)18-5-3-4-6-18/h8H,3-6H2,1-2H3/t8-/m0/s1. The molecule has 0 N–H and O–H groups in total. The van der Waals surface area contributed by atoms with E-state index in [1.54, 1.807) is 11.8 Å². The first-order valence-corrected chi connectivity index (χ1v) is 7.13. The molecular formula is C12H15BrF3N3O. The van der Waals surface area contributed by atoms with Gasteiger partial charge in [-0.15, -0.1) is 0 Å². The van der Waals surface area contributed by atoms with Crippen LogP contribution in [-0.4, -0.2) is 33.7 Å². The van der Waals surface area contributed by atoms with Crippen LogP contribution in [0.4, 0.5) is 13.2 Å². The number of carbonyl (C=O) groups is 1. The van der Waals surface area contributed by atoms with Crippen molar-refractivity contribution in [1.29, 1.82) is 0 Å². The van der Waals surface area contributed by atoms with Crippen LogP contribution < -0.4 is 0 Å². The molecule has 1 amide bonds. The smallest absolute Gasteiger partial charge is 0.341 e. The lowest BCUT2D eigenvalue weighted by Gasteiger charge is -2.21. The van der Waals surface area contributed by atoms with E-state index in [2.05, 4.69) is 21.0 Å². The second-order valence-electron chi connectivity index (χ2n) is 4.90. The van der Waals surface area contributed by atoms with E-state index in [0.717, 1.165) is 17.5 Å². The topological polar surface area (TPSA) is 38.1 Å². The Morgan fingerprint density at radius 2 is 1.90 bits per heavy atom. The van der Waals surface area contributed by atoms with Crippen LogP contribution in [0.3, 0.4) is 0 Å². The molecule has 1 atom stereocenters. The summed E-state index contributed by atoms with van der Waals surface area (Å²) in [6.07, 6.45) is -2.66. The summed E-state index contributed by atoms with van der Waals surface area (Å²) in [7, 11) is 0. The highest BCUT2D eigenvalue weighted by atomic mass is 79.9. The van der Waals surface area contributed by atoms with Crippen molar-refractivity contribution in [1.82, 2.24) is 14.7 Å². The van der Waals surface area contributed by atoms with Gasteiger partial charge in [-0.3, -0.25) is 9.48 Å². The number of hydrogen-bond donors (Lipinski definition) is 0. The molecule has 1 aromatic rings. The highest BCUT2D eigenvalue weighted by Gasteiger charge is 2.39. The van der Waals surface area contributed by atoms with Crippen molar-refractivity contribution in [2.24, 2.45) is 0 Å². The SMILES string of the molecule is Cc1c(Br)c(C(F)(F)F)nn1[C@@H](C)C(=O)N1CCCC1. The second-order valence-corrected chi connectivity index (χ2v) is 5.69. The number of halogens is 4. The minimum atomic E-state index is -4.54. The fourth-order valence-corrected chi connectivity index (χ4v) is 2.85. The van der Waals surface area contributed by atoms with Gasteiger partial charge < -0.3 is 4.90 Å². The predicted octanol–water partition coefficient (Wildman–Crippen LogP) is 3.16. The number of amides is 1. The molecule has 1 fully saturated rings. The highest BCUT2D eigenvalue weighted by molar-refractivity contribution is 9.10. The van der Waals surface area contributed by atoms with Gasteiger partial charge in [-0.2, -0.15) is 18.3 Å². The Morgan fingerprint density at radius 3 is 2.35 bits per heavy atom. The maximum atomic E-state index is 12.8. The average molecular weight is 354 g/mol. The first kappa shape index (κ1) is 15.3. The van der Waals surface area contributed by atoms with Crippen LogP contribution in [0.1, 0.15) is 37.2 Å². The largest absolute Gasteiger partial charge is 0.436 e. The van der Waals surface area contributed by atoms with Crippen molar-refractivity contribution < 1.29 is 18.0 Å². The van der Waals surface area contributed by atoms with E-state index >= 15 is 0 Å². The second kappa shape index (κ2) is 5.38. The van der Waals surface area contributed by atoms with Crippen molar-refractivity contribution >= 4 is 21.8 Å². The average Bonchev–Trinajstić information content (AvgIpc) is 2.97. The molecule has 0 bridgehead atoms. The molecule has 1 aliphatic heterocycles. The van der Waals surface area contributed by atoms with Crippen molar-refractivity contribution in [3.63, 3.8) is 0 Å². The quantitative estimate of drug-likeness (QED) is 0.818. The van der Waals surface area contributed by atoms with E-state index in [0.29, 0.717) is 18.8 Å². The molecule has 2 heterocycles. The molecule has 1 aliphatic rings. The lowest BCUT2D eigenvalue weighted by atomic mass is 10.3. The summed E-state index contributed by atoms with van der Waals surface area (Å²) in [4.78, 5) is 13.9. The van der Waals surface area contributed by atoms with Gasteiger partial charge in [-0.25, -0.2) is 0 Å². The summed E-state index contributed by atoms with van der Waals surface area (Å²) < 4.78 is 39.5. The first-order valence-electron chi connectivity index (χ1n) is 6.34. The van der Waals surface area contributed by atoms with E-state index in [9.17, 15) is 18.0 Å². The monoisotopic (exact) mass is 353 g/mol. The van der Waals surface area contributed by atoms with Crippen LogP contribution in [-0.2, 0) is 11.0 Å². The fourth-order valence-electron chi connectivity index (χ4n) is 2.36. The molecule has 0 unspecified atom stereocenters. The number of carbonyl (C=O) groups excluding carboxylic acids is 1. The fraction of sp³-hybridized carbons (Fsp3) is 0.667. The van der Waals surface area contributed by atoms with Crippen LogP contribution in [0.2, 0.25) is 0 Å². The van der Waals surface area contributed by atoms with Crippen molar-refractivity contribution in [3.05, 3.63) is 15.9 Å². The van der Waals surface area contributed by atoms with Crippen LogP contribution in [0.25, 0.3) is 0 Å². The van der Waals surface area contributed by atoms with Crippen LogP contribution in [0.5, 0.6) is 0 Å². The van der Waals surface area contributed by atoms with E-state index in [4.69, 9.17) is 0 Å². The predicted molar refractivity (Wildman–Crippen MR) is 70.2 cm³/mol. The summed E-state index contributed by atoms with van der Waals surface area (Å²) >= 11 is 2.91. The summed E-state index contributed by atoms with van der Waals surface area (Å²) in [5.41, 5.74) is -0.687. The Kier molecular flexibility index (Phi) is 4.13. The zero-order valence-electron chi connectivity index (χ0n) is 11.2. The van der Waals surface area contributed by atoms with Gasteiger partial charge in [0.1, 0.15) is 6.04 Å². The molecule has 2 rings (SSSR count). The van der Waals surface area contributed by atoms with Gasteiger partial charge >= 0.3 is 6.18 Å². The lowest BCUT2D eigenvalue weighted by Crippen LogP contribution is -2.34. The molecular weight excluding hydrogens is 339 g/mol. The molecule has 0 aliphatic carbocycles. The molecule has 1 aromatic heterocycles. The number of alkyl halides is 3. The van der Waals surface area contributed by atoms with Gasteiger partial charge in [-0.05, 0) is 42.6 Å². The molecule has 20 heavy (non-hydrogen) atoms. The van der Waals surface area contributed by atoms with E-state index < -0.39 is 17.9 Å². The molecule has 4 nitrogen and oxygen atoms in total. The minimum Gasteiger partial charge on any atom is -0.341 e. The zero-order chi connectivity index (χ0) is 15.1. The van der Waals surface area contributed by atoms with Gasteiger partial charge in [0.25, 0.3) is 0 Å². The molecule has 0 spiro atoms. The molecule has 1 saturated heterocycles. The van der Waals surface area contributed by atoms with Crippen LogP contribution in [0, 0.1) is 6.92 Å². The first-order chi connectivity index (χ1) is 9.23. The van der Waals surface area contributed by atoms with Gasteiger partial charge in [0, 0.05) is 13.1 Å². The number of hydrogen-bond acceptors (Lipinski definition) is 2. The summed E-state index contributed by atoms with van der Waals surface area (Å²) in [6, 6.07) is -0.736. The summed E-state index contributed by atoms with van der Waals surface area (Å²) in [5.74, 6) is -0.186. The summed E-state index contributed by atoms with van der Waals surface area (Å²) in [5, 5.41) is 3.57. The normalized spacial score (nSPS) is 17.6. The van der Waals surface area contributed by atoms with Crippen molar-refractivity contribution in [3.8, 4) is 0 Å². The van der Waals surface area contributed by atoms with Gasteiger partial charge in [0.15, 0.2) is 5.69 Å². The van der Waals surface area contributed by atoms with E-state index in [1.165, 1.54) is 6.92 Å². The van der Waals surface area contributed by atoms with Crippen LogP contribution in [0.15, 0.2) is 4.47 Å². The zero-order valence-corrected chi connectivity index (χ0v) is 12.8. The third kappa shape index (κ3) is 2.70. The van der Waals surface area contributed by atoms with Crippen molar-refractivity contribution in [2.45, 2.75) is 38.9 Å². The Labute approximate surface area is 123 Å². The molecule has 112 valence electrons. The Balaban J connectivity index is 2.30.